The highest BCUT2D eigenvalue weighted by atomic mass is 79.9. The van der Waals surface area contributed by atoms with Crippen molar-refractivity contribution in [1.82, 2.24) is 0 Å². The minimum Gasteiger partial charge on any atom is -0.484 e. The zero-order chi connectivity index (χ0) is 17.0. The lowest BCUT2D eigenvalue weighted by Gasteiger charge is -2.08. The minimum atomic E-state index is -0.532. The van der Waals surface area contributed by atoms with Crippen LogP contribution in [0.1, 0.15) is 27.7 Å². The van der Waals surface area contributed by atoms with E-state index in [1.54, 1.807) is 12.1 Å². The average molecular weight is 397 g/mol. The highest BCUT2D eigenvalue weighted by Crippen LogP contribution is 2.33. The first-order valence-corrected chi connectivity index (χ1v) is 8.63. The summed E-state index contributed by atoms with van der Waals surface area (Å²) in [6.45, 7) is 3.71. The van der Waals surface area contributed by atoms with Crippen LogP contribution < -0.4 is 15.8 Å². The van der Waals surface area contributed by atoms with Gasteiger partial charge in [-0.3, -0.25) is 9.59 Å². The summed E-state index contributed by atoms with van der Waals surface area (Å²) in [6.07, 6.45) is 0.686. The fourth-order valence-electron chi connectivity index (χ4n) is 2.20. The molecular formula is C16H17BrN2O3S. The first-order chi connectivity index (χ1) is 10.9. The maximum absolute atomic E-state index is 12.0. The van der Waals surface area contributed by atoms with E-state index < -0.39 is 5.91 Å². The molecule has 2 amide bonds. The number of carbonyl (C=O) groups excluding carboxylic acids is 2. The number of carbonyl (C=O) groups is 2. The Balaban J connectivity index is 2.05. The number of anilines is 1. The Hall–Kier alpha value is -1.86. The van der Waals surface area contributed by atoms with Crippen LogP contribution in [0.15, 0.2) is 28.7 Å². The van der Waals surface area contributed by atoms with Crippen molar-refractivity contribution in [3.05, 3.63) is 44.7 Å². The topological polar surface area (TPSA) is 81.4 Å². The molecule has 0 spiro atoms. The second-order valence-corrected chi connectivity index (χ2v) is 6.99. The molecular weight excluding hydrogens is 380 g/mol. The summed E-state index contributed by atoms with van der Waals surface area (Å²) < 4.78 is 6.35. The molecule has 0 unspecified atom stereocenters. The molecule has 1 aromatic heterocycles. The van der Waals surface area contributed by atoms with E-state index in [0.717, 1.165) is 14.9 Å². The fraction of sp³-hybridized carbons (Fsp3) is 0.250. The summed E-state index contributed by atoms with van der Waals surface area (Å²) in [4.78, 5) is 24.7. The van der Waals surface area contributed by atoms with E-state index in [1.807, 2.05) is 26.0 Å². The summed E-state index contributed by atoms with van der Waals surface area (Å²) >= 11 is 4.68. The van der Waals surface area contributed by atoms with Crippen molar-refractivity contribution in [2.75, 3.05) is 11.9 Å². The zero-order valence-corrected chi connectivity index (χ0v) is 15.2. The summed E-state index contributed by atoms with van der Waals surface area (Å²) in [5.41, 5.74) is 6.72. The molecule has 1 heterocycles. The Morgan fingerprint density at radius 1 is 1.30 bits per heavy atom. The molecule has 7 heteroatoms. The molecule has 122 valence electrons. The van der Waals surface area contributed by atoms with Crippen molar-refractivity contribution in [3.8, 4) is 5.75 Å². The molecule has 0 fully saturated rings. The van der Waals surface area contributed by atoms with E-state index in [2.05, 4.69) is 21.2 Å². The fourth-order valence-corrected chi connectivity index (χ4v) is 3.63. The summed E-state index contributed by atoms with van der Waals surface area (Å²) in [5.74, 6) is -0.273. The number of thiophene rings is 1. The molecule has 0 bridgehead atoms. The van der Waals surface area contributed by atoms with Gasteiger partial charge in [0.15, 0.2) is 6.61 Å². The van der Waals surface area contributed by atoms with Crippen LogP contribution in [-0.4, -0.2) is 18.4 Å². The lowest BCUT2D eigenvalue weighted by atomic mass is 10.1. The third-order valence-corrected chi connectivity index (χ3v) is 4.84. The van der Waals surface area contributed by atoms with Gasteiger partial charge in [0, 0.05) is 9.35 Å². The zero-order valence-electron chi connectivity index (χ0n) is 12.8. The predicted molar refractivity (Wildman–Crippen MR) is 95.2 cm³/mol. The first-order valence-electron chi connectivity index (χ1n) is 7.02. The van der Waals surface area contributed by atoms with Gasteiger partial charge in [-0.2, -0.15) is 0 Å². The lowest BCUT2D eigenvalue weighted by molar-refractivity contribution is -0.118. The van der Waals surface area contributed by atoms with E-state index in [4.69, 9.17) is 10.5 Å². The number of aryl methyl sites for hydroxylation is 1. The second-order valence-electron chi connectivity index (χ2n) is 4.85. The molecule has 1 aromatic carbocycles. The van der Waals surface area contributed by atoms with E-state index in [9.17, 15) is 9.59 Å². The van der Waals surface area contributed by atoms with Gasteiger partial charge >= 0.3 is 0 Å². The largest absolute Gasteiger partial charge is 0.484 e. The van der Waals surface area contributed by atoms with Gasteiger partial charge in [-0.25, -0.2) is 0 Å². The van der Waals surface area contributed by atoms with Crippen LogP contribution in [0.3, 0.4) is 0 Å². The van der Waals surface area contributed by atoms with Crippen LogP contribution in [0.25, 0.3) is 0 Å². The van der Waals surface area contributed by atoms with Crippen LogP contribution in [-0.2, 0) is 11.2 Å². The van der Waals surface area contributed by atoms with Crippen LogP contribution in [0.2, 0.25) is 0 Å². The van der Waals surface area contributed by atoms with Gasteiger partial charge in [0.25, 0.3) is 11.8 Å². The minimum absolute atomic E-state index is 0.141. The van der Waals surface area contributed by atoms with Crippen LogP contribution >= 0.6 is 27.3 Å². The van der Waals surface area contributed by atoms with Crippen molar-refractivity contribution in [3.63, 3.8) is 0 Å². The van der Waals surface area contributed by atoms with Gasteiger partial charge in [0.05, 0.1) is 5.56 Å². The Morgan fingerprint density at radius 3 is 2.52 bits per heavy atom. The molecule has 0 saturated heterocycles. The molecule has 0 radical (unpaired) electrons. The average Bonchev–Trinajstić information content (AvgIpc) is 2.82. The number of hydrogen-bond donors (Lipinski definition) is 2. The van der Waals surface area contributed by atoms with Crippen molar-refractivity contribution >= 4 is 44.1 Å². The molecule has 0 atom stereocenters. The molecule has 0 aliphatic rings. The number of rotatable bonds is 6. The number of halogens is 1. The number of nitrogens with two attached hydrogens (primary N) is 1. The highest BCUT2D eigenvalue weighted by Gasteiger charge is 2.20. The van der Waals surface area contributed by atoms with E-state index in [1.165, 1.54) is 11.3 Å². The molecule has 5 nitrogen and oxygen atoms in total. The van der Waals surface area contributed by atoms with Gasteiger partial charge in [-0.15, -0.1) is 11.3 Å². The molecule has 2 aromatic rings. The first kappa shape index (κ1) is 17.5. The number of primary amides is 1. The third-order valence-electron chi connectivity index (χ3n) is 3.25. The van der Waals surface area contributed by atoms with Crippen molar-refractivity contribution in [1.29, 1.82) is 0 Å². The number of nitrogens with one attached hydrogen (secondary N) is 1. The second kappa shape index (κ2) is 7.61. The predicted octanol–water partition coefficient (Wildman–Crippen LogP) is 3.50. The quantitative estimate of drug-likeness (QED) is 0.783. The number of ether oxygens (including phenoxy) is 1. The smallest absolute Gasteiger partial charge is 0.262 e. The van der Waals surface area contributed by atoms with Crippen molar-refractivity contribution < 1.29 is 14.3 Å². The summed E-state index contributed by atoms with van der Waals surface area (Å²) in [6, 6.07) is 7.18. The van der Waals surface area contributed by atoms with E-state index >= 15 is 0 Å². The van der Waals surface area contributed by atoms with Crippen LogP contribution in [0.5, 0.6) is 5.75 Å². The van der Waals surface area contributed by atoms with Gasteiger partial charge < -0.3 is 15.8 Å². The SMILES string of the molecule is CCc1c(C)sc(NC(=O)COc2ccc(Br)cc2)c1C(N)=O. The van der Waals surface area contributed by atoms with E-state index in [-0.39, 0.29) is 12.5 Å². The van der Waals surface area contributed by atoms with Crippen molar-refractivity contribution in [2.45, 2.75) is 20.3 Å². The van der Waals surface area contributed by atoms with Crippen LogP contribution in [0.4, 0.5) is 5.00 Å². The Labute approximate surface area is 147 Å². The third kappa shape index (κ3) is 4.33. The van der Waals surface area contributed by atoms with Gasteiger partial charge in [0.2, 0.25) is 0 Å². The molecule has 0 saturated carbocycles. The Morgan fingerprint density at radius 2 is 1.96 bits per heavy atom. The van der Waals surface area contributed by atoms with Gasteiger partial charge in [0.1, 0.15) is 10.8 Å². The summed E-state index contributed by atoms with van der Waals surface area (Å²) in [7, 11) is 0. The molecule has 2 rings (SSSR count). The molecule has 3 N–H and O–H groups in total. The lowest BCUT2D eigenvalue weighted by Crippen LogP contribution is -2.22. The van der Waals surface area contributed by atoms with Crippen LogP contribution in [0, 0.1) is 6.92 Å². The van der Waals surface area contributed by atoms with Crippen molar-refractivity contribution in [2.24, 2.45) is 5.73 Å². The number of benzene rings is 1. The van der Waals surface area contributed by atoms with Gasteiger partial charge in [-0.05, 0) is 43.2 Å². The van der Waals surface area contributed by atoms with E-state index in [0.29, 0.717) is 22.7 Å². The Bertz CT molecular complexity index is 726. The maximum atomic E-state index is 12.0. The Kier molecular flexibility index (Phi) is 5.79. The monoisotopic (exact) mass is 396 g/mol. The molecule has 0 aliphatic heterocycles. The van der Waals surface area contributed by atoms with Gasteiger partial charge in [-0.1, -0.05) is 22.9 Å². The molecule has 0 aliphatic carbocycles. The normalized spacial score (nSPS) is 10.4. The number of hydrogen-bond acceptors (Lipinski definition) is 4. The molecule has 23 heavy (non-hydrogen) atoms. The maximum Gasteiger partial charge on any atom is 0.262 e. The summed E-state index contributed by atoms with van der Waals surface area (Å²) in [5, 5.41) is 3.20. The number of amides is 2. The standard InChI is InChI=1S/C16H17BrN2O3S/c1-3-12-9(2)23-16(14(12)15(18)21)19-13(20)8-22-11-6-4-10(17)5-7-11/h4-7H,3,8H2,1-2H3,(H2,18,21)(H,19,20). The highest BCUT2D eigenvalue weighted by molar-refractivity contribution is 9.10.